The van der Waals surface area contributed by atoms with Gasteiger partial charge in [0.1, 0.15) is 5.75 Å². The number of nitrogens with zero attached hydrogens (tertiary/aromatic N) is 1. The highest BCUT2D eigenvalue weighted by molar-refractivity contribution is 6.36. The van der Waals surface area contributed by atoms with E-state index in [-0.39, 0.29) is 16.7 Å². The molecule has 0 heterocycles. The number of nitrogens with one attached hydrogen (secondary N) is 1. The molecule has 0 unspecified atom stereocenters. The third kappa shape index (κ3) is 3.50. The number of hydrogen-bond donors (Lipinski definition) is 2. The van der Waals surface area contributed by atoms with Gasteiger partial charge in [0.2, 0.25) is 0 Å². The van der Waals surface area contributed by atoms with Crippen LogP contribution in [-0.4, -0.2) is 17.2 Å². The first-order chi connectivity index (χ1) is 11.5. The molecule has 0 aromatic heterocycles. The standard InChI is InChI=1S/C18H12Cl2N2O2/c19-15-8-14(17(23)16(20)9-15)10-21-22-18(24)13-6-5-11-3-1-2-4-12(11)7-13/h1-10,23H,(H,22,24). The number of hydrogen-bond acceptors (Lipinski definition) is 3. The molecule has 0 atom stereocenters. The fourth-order valence-corrected chi connectivity index (χ4v) is 2.75. The van der Waals surface area contributed by atoms with Gasteiger partial charge in [0.15, 0.2) is 0 Å². The molecule has 0 fully saturated rings. The van der Waals surface area contributed by atoms with Crippen LogP contribution in [0, 0.1) is 0 Å². The maximum Gasteiger partial charge on any atom is 0.271 e. The van der Waals surface area contributed by atoms with E-state index in [1.165, 1.54) is 18.3 Å². The average molecular weight is 359 g/mol. The minimum absolute atomic E-state index is 0.116. The van der Waals surface area contributed by atoms with Crippen molar-refractivity contribution in [2.24, 2.45) is 5.10 Å². The molecule has 120 valence electrons. The normalized spacial score (nSPS) is 11.1. The predicted molar refractivity (Wildman–Crippen MR) is 97.1 cm³/mol. The van der Waals surface area contributed by atoms with Crippen molar-refractivity contribution in [2.75, 3.05) is 0 Å². The van der Waals surface area contributed by atoms with Crippen molar-refractivity contribution >= 4 is 46.1 Å². The van der Waals surface area contributed by atoms with Crippen LogP contribution in [0.25, 0.3) is 10.8 Å². The van der Waals surface area contributed by atoms with E-state index in [1.54, 1.807) is 12.1 Å². The molecule has 6 heteroatoms. The van der Waals surface area contributed by atoms with Crippen molar-refractivity contribution < 1.29 is 9.90 Å². The molecule has 0 saturated carbocycles. The van der Waals surface area contributed by atoms with E-state index >= 15 is 0 Å². The van der Waals surface area contributed by atoms with Gasteiger partial charge in [-0.1, -0.05) is 53.5 Å². The molecule has 0 radical (unpaired) electrons. The van der Waals surface area contributed by atoms with Crippen molar-refractivity contribution in [2.45, 2.75) is 0 Å². The molecule has 0 aliphatic heterocycles. The minimum atomic E-state index is -0.357. The van der Waals surface area contributed by atoms with Crippen LogP contribution >= 0.6 is 23.2 Å². The molecule has 24 heavy (non-hydrogen) atoms. The Labute approximate surface area is 148 Å². The van der Waals surface area contributed by atoms with Crippen molar-refractivity contribution in [3.05, 3.63) is 75.8 Å². The molecule has 0 bridgehead atoms. The molecule has 0 saturated heterocycles. The number of aromatic hydroxyl groups is 1. The van der Waals surface area contributed by atoms with Gasteiger partial charge in [-0.15, -0.1) is 0 Å². The Hall–Kier alpha value is -2.56. The van der Waals surface area contributed by atoms with Gasteiger partial charge in [-0.2, -0.15) is 5.10 Å². The van der Waals surface area contributed by atoms with Crippen LogP contribution in [0.1, 0.15) is 15.9 Å². The van der Waals surface area contributed by atoms with Crippen molar-refractivity contribution in [3.8, 4) is 5.75 Å². The van der Waals surface area contributed by atoms with Gasteiger partial charge in [-0.25, -0.2) is 5.43 Å². The zero-order chi connectivity index (χ0) is 17.1. The second kappa shape index (κ2) is 6.91. The zero-order valence-electron chi connectivity index (χ0n) is 12.3. The van der Waals surface area contributed by atoms with E-state index in [2.05, 4.69) is 10.5 Å². The fraction of sp³-hybridized carbons (Fsp3) is 0. The monoisotopic (exact) mass is 358 g/mol. The third-order valence-electron chi connectivity index (χ3n) is 3.44. The van der Waals surface area contributed by atoms with E-state index in [1.807, 2.05) is 30.3 Å². The summed E-state index contributed by atoms with van der Waals surface area (Å²) in [6.45, 7) is 0. The molecule has 1 amide bonds. The molecular weight excluding hydrogens is 347 g/mol. The predicted octanol–water partition coefficient (Wildman–Crippen LogP) is 4.62. The first-order valence-corrected chi connectivity index (χ1v) is 7.80. The summed E-state index contributed by atoms with van der Waals surface area (Å²) in [5.41, 5.74) is 3.21. The molecule has 0 aliphatic rings. The zero-order valence-corrected chi connectivity index (χ0v) is 13.8. The number of phenols is 1. The topological polar surface area (TPSA) is 61.7 Å². The Morgan fingerprint density at radius 1 is 1.04 bits per heavy atom. The number of carbonyl (C=O) groups excluding carboxylic acids is 1. The molecular formula is C18H12Cl2N2O2. The van der Waals surface area contributed by atoms with Gasteiger partial charge in [0.05, 0.1) is 11.2 Å². The Morgan fingerprint density at radius 3 is 2.58 bits per heavy atom. The summed E-state index contributed by atoms with van der Waals surface area (Å²) in [7, 11) is 0. The number of amides is 1. The maximum atomic E-state index is 12.2. The van der Waals surface area contributed by atoms with E-state index in [0.29, 0.717) is 16.1 Å². The Kier molecular flexibility index (Phi) is 4.69. The summed E-state index contributed by atoms with van der Waals surface area (Å²) in [6.07, 6.45) is 1.28. The molecule has 3 aromatic carbocycles. The molecule has 3 rings (SSSR count). The number of rotatable bonds is 3. The van der Waals surface area contributed by atoms with Crippen molar-refractivity contribution in [1.29, 1.82) is 0 Å². The number of phenolic OH excluding ortho intramolecular Hbond substituents is 1. The smallest absolute Gasteiger partial charge is 0.271 e. The highest BCUT2D eigenvalue weighted by Crippen LogP contribution is 2.29. The van der Waals surface area contributed by atoms with Gasteiger partial charge in [0, 0.05) is 16.1 Å². The summed E-state index contributed by atoms with van der Waals surface area (Å²) in [5, 5.41) is 16.2. The lowest BCUT2D eigenvalue weighted by Gasteiger charge is -2.04. The largest absolute Gasteiger partial charge is 0.506 e. The van der Waals surface area contributed by atoms with Gasteiger partial charge < -0.3 is 5.11 Å². The average Bonchev–Trinajstić information content (AvgIpc) is 2.58. The Bertz CT molecular complexity index is 955. The Morgan fingerprint density at radius 2 is 1.79 bits per heavy atom. The van der Waals surface area contributed by atoms with Gasteiger partial charge in [0.25, 0.3) is 5.91 Å². The molecule has 2 N–H and O–H groups in total. The van der Waals surface area contributed by atoms with E-state index < -0.39 is 0 Å². The van der Waals surface area contributed by atoms with E-state index in [4.69, 9.17) is 23.2 Å². The first kappa shape index (κ1) is 16.3. The summed E-state index contributed by atoms with van der Waals surface area (Å²) >= 11 is 11.7. The van der Waals surface area contributed by atoms with Crippen LogP contribution in [0.5, 0.6) is 5.75 Å². The number of fused-ring (bicyclic) bond motifs is 1. The molecule has 4 nitrogen and oxygen atoms in total. The number of benzene rings is 3. The highest BCUT2D eigenvalue weighted by atomic mass is 35.5. The van der Waals surface area contributed by atoms with Crippen LogP contribution in [0.3, 0.4) is 0 Å². The fourth-order valence-electron chi connectivity index (χ4n) is 2.24. The molecule has 0 aliphatic carbocycles. The maximum absolute atomic E-state index is 12.2. The lowest BCUT2D eigenvalue weighted by molar-refractivity contribution is 0.0955. The molecule has 0 spiro atoms. The molecule has 3 aromatic rings. The number of halogens is 2. The van der Waals surface area contributed by atoms with Gasteiger partial charge in [-0.05, 0) is 35.0 Å². The van der Waals surface area contributed by atoms with Crippen molar-refractivity contribution in [3.63, 3.8) is 0 Å². The first-order valence-electron chi connectivity index (χ1n) is 7.05. The quantitative estimate of drug-likeness (QED) is 0.530. The van der Waals surface area contributed by atoms with Crippen LogP contribution in [-0.2, 0) is 0 Å². The van der Waals surface area contributed by atoms with Crippen LogP contribution in [0.15, 0.2) is 59.7 Å². The number of carbonyl (C=O) groups is 1. The lowest BCUT2D eigenvalue weighted by atomic mass is 10.1. The third-order valence-corrected chi connectivity index (χ3v) is 3.95. The summed E-state index contributed by atoms with van der Waals surface area (Å²) < 4.78 is 0. The second-order valence-electron chi connectivity index (χ2n) is 5.09. The minimum Gasteiger partial charge on any atom is -0.506 e. The second-order valence-corrected chi connectivity index (χ2v) is 5.93. The summed E-state index contributed by atoms with van der Waals surface area (Å²) in [4.78, 5) is 12.2. The van der Waals surface area contributed by atoms with Gasteiger partial charge >= 0.3 is 0 Å². The van der Waals surface area contributed by atoms with Crippen LogP contribution < -0.4 is 5.43 Å². The van der Waals surface area contributed by atoms with Gasteiger partial charge in [-0.3, -0.25) is 4.79 Å². The van der Waals surface area contributed by atoms with Crippen molar-refractivity contribution in [1.82, 2.24) is 5.43 Å². The van der Waals surface area contributed by atoms with Crippen LogP contribution in [0.2, 0.25) is 10.0 Å². The SMILES string of the molecule is O=C(NN=Cc1cc(Cl)cc(Cl)c1O)c1ccc2ccccc2c1. The summed E-state index contributed by atoms with van der Waals surface area (Å²) in [6, 6.07) is 16.0. The summed E-state index contributed by atoms with van der Waals surface area (Å²) in [5.74, 6) is -0.505. The Balaban J connectivity index is 1.77. The van der Waals surface area contributed by atoms with E-state index in [0.717, 1.165) is 10.8 Å². The number of hydrazone groups is 1. The lowest BCUT2D eigenvalue weighted by Crippen LogP contribution is -2.17. The van der Waals surface area contributed by atoms with E-state index in [9.17, 15) is 9.90 Å². The van der Waals surface area contributed by atoms with Crippen LogP contribution in [0.4, 0.5) is 0 Å². The highest BCUT2D eigenvalue weighted by Gasteiger charge is 2.07.